The van der Waals surface area contributed by atoms with Gasteiger partial charge in [-0.15, -0.1) is 0 Å². The Morgan fingerprint density at radius 2 is 2.10 bits per heavy atom. The zero-order valence-electron chi connectivity index (χ0n) is 12.0. The molecule has 1 aromatic carbocycles. The Morgan fingerprint density at radius 3 is 2.70 bits per heavy atom. The van der Waals surface area contributed by atoms with E-state index in [1.54, 1.807) is 6.07 Å². The van der Waals surface area contributed by atoms with Crippen molar-refractivity contribution in [2.75, 3.05) is 32.7 Å². The van der Waals surface area contributed by atoms with Crippen molar-refractivity contribution in [1.82, 2.24) is 15.2 Å². The number of nitrogens with zero attached hydrogens (tertiary/aromatic N) is 2. The van der Waals surface area contributed by atoms with Crippen molar-refractivity contribution in [2.24, 2.45) is 5.84 Å². The number of nitrogens with two attached hydrogens (primary N) is 1. The summed E-state index contributed by atoms with van der Waals surface area (Å²) in [6.45, 7) is 7.64. The average Bonchev–Trinajstić information content (AvgIpc) is 2.49. The highest BCUT2D eigenvalue weighted by Gasteiger charge is 2.36. The number of piperazine rings is 3. The van der Waals surface area contributed by atoms with Crippen LogP contribution in [-0.2, 0) is 6.42 Å². The lowest BCUT2D eigenvalue weighted by Crippen LogP contribution is -2.67. The second-order valence-electron chi connectivity index (χ2n) is 5.95. The van der Waals surface area contributed by atoms with Crippen LogP contribution < -0.4 is 11.3 Å². The van der Waals surface area contributed by atoms with Crippen LogP contribution in [0.25, 0.3) is 0 Å². The Hall–Kier alpha value is -1.01. The molecule has 20 heavy (non-hydrogen) atoms. The summed E-state index contributed by atoms with van der Waals surface area (Å²) in [5.74, 6) is 5.61. The summed E-state index contributed by atoms with van der Waals surface area (Å²) in [6, 6.07) is 5.58. The molecule has 5 heteroatoms. The molecule has 3 saturated heterocycles. The third-order valence-corrected chi connectivity index (χ3v) is 4.75. The summed E-state index contributed by atoms with van der Waals surface area (Å²) in [5.41, 5.74) is 5.14. The van der Waals surface area contributed by atoms with Crippen molar-refractivity contribution in [3.63, 3.8) is 0 Å². The van der Waals surface area contributed by atoms with Gasteiger partial charge in [-0.05, 0) is 36.6 Å². The predicted molar refractivity (Wildman–Crippen MR) is 77.8 cm³/mol. The Balaban J connectivity index is 1.75. The molecule has 2 atom stereocenters. The number of hydrazine groups is 1. The van der Waals surface area contributed by atoms with Crippen LogP contribution in [0.5, 0.6) is 0 Å². The monoisotopic (exact) mass is 278 g/mol. The molecule has 2 unspecified atom stereocenters. The van der Waals surface area contributed by atoms with Crippen molar-refractivity contribution >= 4 is 0 Å². The highest BCUT2D eigenvalue weighted by atomic mass is 19.1. The molecule has 3 heterocycles. The summed E-state index contributed by atoms with van der Waals surface area (Å²) < 4.78 is 13.4. The maximum atomic E-state index is 13.4. The van der Waals surface area contributed by atoms with Gasteiger partial charge in [0, 0.05) is 44.8 Å². The fourth-order valence-corrected chi connectivity index (χ4v) is 3.44. The van der Waals surface area contributed by atoms with Gasteiger partial charge in [0.2, 0.25) is 0 Å². The van der Waals surface area contributed by atoms with E-state index in [-0.39, 0.29) is 11.9 Å². The van der Waals surface area contributed by atoms with Gasteiger partial charge in [-0.1, -0.05) is 6.07 Å². The van der Waals surface area contributed by atoms with Gasteiger partial charge in [-0.3, -0.25) is 21.1 Å². The molecule has 0 amide bonds. The van der Waals surface area contributed by atoms with Crippen molar-refractivity contribution in [2.45, 2.75) is 25.4 Å². The minimum Gasteiger partial charge on any atom is -0.299 e. The van der Waals surface area contributed by atoms with Gasteiger partial charge in [0.1, 0.15) is 5.82 Å². The van der Waals surface area contributed by atoms with E-state index < -0.39 is 0 Å². The summed E-state index contributed by atoms with van der Waals surface area (Å²) >= 11 is 0. The molecule has 3 aliphatic rings. The molecule has 3 aliphatic heterocycles. The van der Waals surface area contributed by atoms with Crippen molar-refractivity contribution < 1.29 is 4.39 Å². The van der Waals surface area contributed by atoms with Gasteiger partial charge in [0.25, 0.3) is 0 Å². The van der Waals surface area contributed by atoms with E-state index in [2.05, 4.69) is 15.2 Å². The molecule has 3 fully saturated rings. The molecule has 2 bridgehead atoms. The van der Waals surface area contributed by atoms with Crippen molar-refractivity contribution in [1.29, 1.82) is 0 Å². The van der Waals surface area contributed by atoms with Crippen LogP contribution in [-0.4, -0.2) is 54.6 Å². The Morgan fingerprint density at radius 1 is 1.35 bits per heavy atom. The lowest BCUT2D eigenvalue weighted by Gasteiger charge is -2.50. The Bertz CT molecular complexity index is 471. The lowest BCUT2D eigenvalue weighted by molar-refractivity contribution is -0.00317. The van der Waals surface area contributed by atoms with Gasteiger partial charge >= 0.3 is 0 Å². The second-order valence-corrected chi connectivity index (χ2v) is 5.95. The van der Waals surface area contributed by atoms with E-state index in [0.29, 0.717) is 6.04 Å². The summed E-state index contributed by atoms with van der Waals surface area (Å²) in [4.78, 5) is 5.01. The third-order valence-electron chi connectivity index (χ3n) is 4.75. The number of rotatable bonds is 4. The van der Waals surface area contributed by atoms with Crippen LogP contribution in [0.15, 0.2) is 18.2 Å². The van der Waals surface area contributed by atoms with E-state index in [0.717, 1.165) is 50.3 Å². The molecule has 4 nitrogen and oxygen atoms in total. The maximum Gasteiger partial charge on any atom is 0.123 e. The molecule has 0 aromatic heterocycles. The molecule has 0 radical (unpaired) electrons. The zero-order valence-corrected chi connectivity index (χ0v) is 12.0. The molecule has 3 N–H and O–H groups in total. The van der Waals surface area contributed by atoms with Crippen LogP contribution in [0, 0.1) is 12.7 Å². The third kappa shape index (κ3) is 2.72. The number of nitrogens with one attached hydrogen (secondary N) is 1. The molecule has 4 rings (SSSR count). The number of halogens is 1. The lowest BCUT2D eigenvalue weighted by atomic mass is 9.93. The number of benzene rings is 1. The Labute approximate surface area is 119 Å². The van der Waals surface area contributed by atoms with E-state index in [9.17, 15) is 4.39 Å². The molecular weight excluding hydrogens is 255 g/mol. The standard InChI is InChI=1S/C15H23FN4/c1-11-2-3-13(16)8-12(11)9-14(18-17)15-10-19-4-6-20(15)7-5-19/h2-3,8,14-15,18H,4-7,9-10,17H2,1H3. The second kappa shape index (κ2) is 5.77. The first-order valence-corrected chi connectivity index (χ1v) is 7.35. The number of aryl methyl sites for hydroxylation is 1. The first-order valence-electron chi connectivity index (χ1n) is 7.35. The van der Waals surface area contributed by atoms with Crippen LogP contribution >= 0.6 is 0 Å². The topological polar surface area (TPSA) is 44.5 Å². The van der Waals surface area contributed by atoms with Gasteiger partial charge in [0.15, 0.2) is 0 Å². The maximum absolute atomic E-state index is 13.4. The van der Waals surface area contributed by atoms with Crippen LogP contribution in [0.4, 0.5) is 4.39 Å². The normalized spacial score (nSPS) is 30.4. The molecule has 0 aliphatic carbocycles. The number of hydrogen-bond acceptors (Lipinski definition) is 4. The van der Waals surface area contributed by atoms with E-state index in [4.69, 9.17) is 5.84 Å². The highest BCUT2D eigenvalue weighted by molar-refractivity contribution is 5.27. The van der Waals surface area contributed by atoms with Gasteiger partial charge in [-0.2, -0.15) is 0 Å². The van der Waals surface area contributed by atoms with Crippen LogP contribution in [0.1, 0.15) is 11.1 Å². The van der Waals surface area contributed by atoms with Crippen LogP contribution in [0.3, 0.4) is 0 Å². The zero-order chi connectivity index (χ0) is 14.1. The summed E-state index contributed by atoms with van der Waals surface area (Å²) in [5, 5.41) is 0. The molecule has 110 valence electrons. The number of hydrogen-bond donors (Lipinski definition) is 2. The SMILES string of the molecule is Cc1ccc(F)cc1CC(NN)C1CN2CCN1CC2. The largest absolute Gasteiger partial charge is 0.299 e. The smallest absolute Gasteiger partial charge is 0.123 e. The molecule has 0 spiro atoms. The summed E-state index contributed by atoms with van der Waals surface area (Å²) in [6.07, 6.45) is 0.773. The quantitative estimate of drug-likeness (QED) is 0.622. The fourth-order valence-electron chi connectivity index (χ4n) is 3.44. The van der Waals surface area contributed by atoms with Crippen molar-refractivity contribution in [3.05, 3.63) is 35.1 Å². The molecule has 1 aromatic rings. The Kier molecular flexibility index (Phi) is 4.03. The number of fused-ring (bicyclic) bond motifs is 3. The first-order chi connectivity index (χ1) is 9.67. The first kappa shape index (κ1) is 13.9. The van der Waals surface area contributed by atoms with E-state index in [1.165, 1.54) is 6.07 Å². The minimum atomic E-state index is -0.171. The molecular formula is C15H23FN4. The molecule has 0 saturated carbocycles. The fraction of sp³-hybridized carbons (Fsp3) is 0.600. The van der Waals surface area contributed by atoms with Crippen LogP contribution in [0.2, 0.25) is 0 Å². The summed E-state index contributed by atoms with van der Waals surface area (Å²) in [7, 11) is 0. The van der Waals surface area contributed by atoms with E-state index in [1.807, 2.05) is 13.0 Å². The van der Waals surface area contributed by atoms with Crippen molar-refractivity contribution in [3.8, 4) is 0 Å². The predicted octanol–water partition coefficient (Wildman–Crippen LogP) is 0.508. The van der Waals surface area contributed by atoms with Gasteiger partial charge in [-0.25, -0.2) is 4.39 Å². The highest BCUT2D eigenvalue weighted by Crippen LogP contribution is 2.21. The van der Waals surface area contributed by atoms with E-state index >= 15 is 0 Å². The minimum absolute atomic E-state index is 0.165. The van der Waals surface area contributed by atoms with Gasteiger partial charge in [0.05, 0.1) is 0 Å². The van der Waals surface area contributed by atoms with Gasteiger partial charge < -0.3 is 0 Å². The average molecular weight is 278 g/mol.